The molecule has 0 radical (unpaired) electrons. The first kappa shape index (κ1) is 13.8. The van der Waals surface area contributed by atoms with E-state index in [0.29, 0.717) is 32.6 Å². The first-order chi connectivity index (χ1) is 8.69. The summed E-state index contributed by atoms with van der Waals surface area (Å²) in [6.45, 7) is 1.62. The van der Waals surface area contributed by atoms with Gasteiger partial charge in [0.2, 0.25) is 0 Å². The van der Waals surface area contributed by atoms with E-state index < -0.39 is 5.54 Å². The monoisotopic (exact) mass is 318 g/mol. The third kappa shape index (κ3) is 2.69. The number of amides is 3. The van der Waals surface area contributed by atoms with Crippen molar-refractivity contribution in [3.63, 3.8) is 0 Å². The lowest BCUT2D eigenvalue weighted by atomic mass is 9.90. The first-order valence-electron chi connectivity index (χ1n) is 6.47. The highest BCUT2D eigenvalue weighted by Crippen LogP contribution is 2.28. The van der Waals surface area contributed by atoms with E-state index in [4.69, 9.17) is 4.74 Å². The Kier molecular flexibility index (Phi) is 4.61. The van der Waals surface area contributed by atoms with Gasteiger partial charge in [-0.25, -0.2) is 4.79 Å². The highest BCUT2D eigenvalue weighted by atomic mass is 79.9. The molecule has 0 bridgehead atoms. The molecule has 3 amide bonds. The molecule has 2 aliphatic heterocycles. The van der Waals surface area contributed by atoms with Gasteiger partial charge in [0.1, 0.15) is 5.54 Å². The van der Waals surface area contributed by atoms with Crippen LogP contribution >= 0.6 is 15.9 Å². The van der Waals surface area contributed by atoms with E-state index in [-0.39, 0.29) is 11.9 Å². The van der Waals surface area contributed by atoms with Crippen LogP contribution in [-0.2, 0) is 9.53 Å². The molecule has 2 rings (SSSR count). The van der Waals surface area contributed by atoms with Crippen molar-refractivity contribution >= 4 is 27.9 Å². The summed E-state index contributed by atoms with van der Waals surface area (Å²) >= 11 is 3.37. The predicted molar refractivity (Wildman–Crippen MR) is 70.7 cm³/mol. The summed E-state index contributed by atoms with van der Waals surface area (Å²) in [6.07, 6.45) is 4.16. The zero-order chi connectivity index (χ0) is 13.0. The molecule has 102 valence electrons. The number of carbonyl (C=O) groups is 2. The highest BCUT2D eigenvalue weighted by Gasteiger charge is 2.51. The second kappa shape index (κ2) is 6.02. The number of rotatable bonds is 5. The molecular formula is C12H19BrN2O3. The molecule has 6 heteroatoms. The fourth-order valence-electron chi connectivity index (χ4n) is 2.48. The average molecular weight is 319 g/mol. The minimum atomic E-state index is -0.676. The maximum atomic E-state index is 12.3. The van der Waals surface area contributed by atoms with Crippen molar-refractivity contribution in [1.29, 1.82) is 0 Å². The Bertz CT molecular complexity index is 329. The number of halogens is 1. The molecule has 0 saturated carbocycles. The molecule has 0 aromatic rings. The normalized spacial score (nSPS) is 22.6. The zero-order valence-electron chi connectivity index (χ0n) is 10.4. The van der Waals surface area contributed by atoms with Gasteiger partial charge in [-0.1, -0.05) is 22.4 Å². The number of ether oxygens (including phenoxy) is 1. The Hall–Kier alpha value is -0.620. The molecule has 0 aliphatic carbocycles. The topological polar surface area (TPSA) is 58.6 Å². The van der Waals surface area contributed by atoms with Crippen LogP contribution in [0.1, 0.15) is 32.1 Å². The summed E-state index contributed by atoms with van der Waals surface area (Å²) in [7, 11) is 0. The highest BCUT2D eigenvalue weighted by molar-refractivity contribution is 9.09. The minimum absolute atomic E-state index is 0.0605. The summed E-state index contributed by atoms with van der Waals surface area (Å²) in [5.74, 6) is -0.0605. The van der Waals surface area contributed by atoms with Gasteiger partial charge < -0.3 is 10.1 Å². The van der Waals surface area contributed by atoms with Gasteiger partial charge in [-0.15, -0.1) is 0 Å². The van der Waals surface area contributed by atoms with Crippen molar-refractivity contribution < 1.29 is 14.3 Å². The summed E-state index contributed by atoms with van der Waals surface area (Å²) in [6, 6.07) is -0.235. The molecule has 0 aromatic carbocycles. The van der Waals surface area contributed by atoms with Gasteiger partial charge in [-0.3, -0.25) is 9.69 Å². The van der Waals surface area contributed by atoms with Crippen molar-refractivity contribution in [2.45, 2.75) is 37.6 Å². The number of alkyl halides is 1. The molecule has 2 saturated heterocycles. The van der Waals surface area contributed by atoms with Crippen LogP contribution in [-0.4, -0.2) is 47.5 Å². The third-order valence-corrected chi connectivity index (χ3v) is 4.17. The minimum Gasteiger partial charge on any atom is -0.381 e. The number of urea groups is 1. The number of hydrogen-bond donors (Lipinski definition) is 1. The van der Waals surface area contributed by atoms with Crippen LogP contribution in [0.3, 0.4) is 0 Å². The maximum absolute atomic E-state index is 12.3. The SMILES string of the molecule is O=C1NC2(CCOCC2)C(=O)N1CCCCCBr. The molecule has 2 heterocycles. The molecule has 2 aliphatic rings. The molecule has 2 fully saturated rings. The standard InChI is InChI=1S/C12H19BrN2O3/c13-6-2-1-3-7-15-10(16)12(14-11(15)17)4-8-18-9-5-12/h1-9H2,(H,14,17). The van der Waals surface area contributed by atoms with Gasteiger partial charge in [-0.05, 0) is 12.8 Å². The summed E-state index contributed by atoms with van der Waals surface area (Å²) in [5, 5.41) is 3.82. The molecular weight excluding hydrogens is 300 g/mol. The lowest BCUT2D eigenvalue weighted by Gasteiger charge is -2.30. The zero-order valence-corrected chi connectivity index (χ0v) is 12.0. The quantitative estimate of drug-likeness (QED) is 0.476. The third-order valence-electron chi connectivity index (χ3n) is 3.61. The molecule has 0 aromatic heterocycles. The van der Waals surface area contributed by atoms with Gasteiger partial charge in [-0.2, -0.15) is 0 Å². The van der Waals surface area contributed by atoms with Crippen LogP contribution in [0.25, 0.3) is 0 Å². The second-order valence-corrected chi connectivity index (χ2v) is 5.62. The van der Waals surface area contributed by atoms with Crippen molar-refractivity contribution in [3.8, 4) is 0 Å². The van der Waals surface area contributed by atoms with Gasteiger partial charge in [0.15, 0.2) is 0 Å². The molecule has 1 spiro atoms. The average Bonchev–Trinajstić information content (AvgIpc) is 2.59. The van der Waals surface area contributed by atoms with E-state index in [1.807, 2.05) is 0 Å². The number of carbonyl (C=O) groups excluding carboxylic acids is 2. The molecule has 0 unspecified atom stereocenters. The maximum Gasteiger partial charge on any atom is 0.325 e. The van der Waals surface area contributed by atoms with Crippen molar-refractivity contribution in [2.24, 2.45) is 0 Å². The number of nitrogens with zero attached hydrogens (tertiary/aromatic N) is 1. The molecule has 0 atom stereocenters. The van der Waals surface area contributed by atoms with E-state index in [2.05, 4.69) is 21.2 Å². The number of hydrogen-bond acceptors (Lipinski definition) is 3. The number of unbranched alkanes of at least 4 members (excludes halogenated alkanes) is 2. The van der Waals surface area contributed by atoms with Crippen molar-refractivity contribution in [1.82, 2.24) is 10.2 Å². The smallest absolute Gasteiger partial charge is 0.325 e. The Balaban J connectivity index is 1.92. The Labute approximate surface area is 115 Å². The lowest BCUT2D eigenvalue weighted by molar-refractivity contribution is -0.134. The van der Waals surface area contributed by atoms with Crippen LogP contribution in [0.4, 0.5) is 4.79 Å². The predicted octanol–water partition coefficient (Wildman–Crippen LogP) is 1.65. The van der Waals surface area contributed by atoms with Crippen LogP contribution in [0, 0.1) is 0 Å². The molecule has 18 heavy (non-hydrogen) atoms. The summed E-state index contributed by atoms with van der Waals surface area (Å²) < 4.78 is 5.26. The largest absolute Gasteiger partial charge is 0.381 e. The van der Waals surface area contributed by atoms with Crippen LogP contribution in [0.2, 0.25) is 0 Å². The Morgan fingerprint density at radius 3 is 2.61 bits per heavy atom. The van der Waals surface area contributed by atoms with E-state index in [0.717, 1.165) is 24.6 Å². The van der Waals surface area contributed by atoms with Gasteiger partial charge in [0.05, 0.1) is 0 Å². The van der Waals surface area contributed by atoms with Gasteiger partial charge in [0.25, 0.3) is 5.91 Å². The van der Waals surface area contributed by atoms with E-state index in [1.54, 1.807) is 0 Å². The lowest BCUT2D eigenvalue weighted by Crippen LogP contribution is -2.51. The van der Waals surface area contributed by atoms with Crippen LogP contribution in [0.5, 0.6) is 0 Å². The Morgan fingerprint density at radius 1 is 1.22 bits per heavy atom. The van der Waals surface area contributed by atoms with Crippen LogP contribution < -0.4 is 5.32 Å². The van der Waals surface area contributed by atoms with Crippen molar-refractivity contribution in [3.05, 3.63) is 0 Å². The van der Waals surface area contributed by atoms with E-state index >= 15 is 0 Å². The second-order valence-electron chi connectivity index (χ2n) is 4.83. The van der Waals surface area contributed by atoms with Gasteiger partial charge >= 0.3 is 6.03 Å². The number of nitrogens with one attached hydrogen (secondary N) is 1. The van der Waals surface area contributed by atoms with Crippen molar-refractivity contribution in [2.75, 3.05) is 25.1 Å². The first-order valence-corrected chi connectivity index (χ1v) is 7.59. The molecule has 5 nitrogen and oxygen atoms in total. The summed E-state index contributed by atoms with van der Waals surface area (Å²) in [5.41, 5.74) is -0.676. The number of imide groups is 1. The Morgan fingerprint density at radius 2 is 1.94 bits per heavy atom. The molecule has 1 N–H and O–H groups in total. The van der Waals surface area contributed by atoms with E-state index in [9.17, 15) is 9.59 Å². The fraction of sp³-hybridized carbons (Fsp3) is 0.833. The van der Waals surface area contributed by atoms with Gasteiger partial charge in [0, 0.05) is 37.9 Å². The van der Waals surface area contributed by atoms with Crippen LogP contribution in [0.15, 0.2) is 0 Å². The van der Waals surface area contributed by atoms with E-state index in [1.165, 1.54) is 4.90 Å². The fourth-order valence-corrected chi connectivity index (χ4v) is 2.88. The summed E-state index contributed by atoms with van der Waals surface area (Å²) in [4.78, 5) is 25.6.